The molecule has 0 radical (unpaired) electrons. The van der Waals surface area contributed by atoms with Gasteiger partial charge in [-0.3, -0.25) is 4.79 Å². The minimum Gasteiger partial charge on any atom is -0.493 e. The molecule has 4 rings (SSSR count). The molecule has 2 aliphatic rings. The Morgan fingerprint density at radius 1 is 1.00 bits per heavy atom. The molecule has 1 amide bonds. The van der Waals surface area contributed by atoms with Gasteiger partial charge in [-0.25, -0.2) is 0 Å². The lowest BCUT2D eigenvalue weighted by Gasteiger charge is -2.33. The number of ether oxygens (including phenoxy) is 2. The van der Waals surface area contributed by atoms with Crippen LogP contribution in [0, 0.1) is 0 Å². The van der Waals surface area contributed by atoms with Gasteiger partial charge in [0.1, 0.15) is 0 Å². The van der Waals surface area contributed by atoms with Crippen LogP contribution < -0.4 is 9.47 Å². The predicted octanol–water partition coefficient (Wildman–Crippen LogP) is 4.92. The molecule has 1 unspecified atom stereocenters. The summed E-state index contributed by atoms with van der Waals surface area (Å²) in [4.78, 5) is 14.4. The van der Waals surface area contributed by atoms with Crippen LogP contribution >= 0.6 is 0 Å². The van der Waals surface area contributed by atoms with Crippen molar-refractivity contribution < 1.29 is 14.3 Å². The number of hydrogen-bond acceptors (Lipinski definition) is 3. The Balaban J connectivity index is 1.50. The molecule has 2 fully saturated rings. The molecule has 1 aliphatic carbocycles. The number of methoxy groups -OCH3 is 1. The SMILES string of the molecule is COc1ccc(C2CCC(=O)N(Cc3ccccc3)C2)cc1OC1CCCC1. The van der Waals surface area contributed by atoms with Crippen LogP contribution in [0.15, 0.2) is 48.5 Å². The largest absolute Gasteiger partial charge is 0.493 e. The fourth-order valence-electron chi connectivity index (χ4n) is 4.37. The Morgan fingerprint density at radius 3 is 2.54 bits per heavy atom. The fraction of sp³-hybridized carbons (Fsp3) is 0.458. The first kappa shape index (κ1) is 18.9. The summed E-state index contributed by atoms with van der Waals surface area (Å²) in [7, 11) is 1.69. The van der Waals surface area contributed by atoms with Gasteiger partial charge in [-0.05, 0) is 55.4 Å². The summed E-state index contributed by atoms with van der Waals surface area (Å²) in [6, 6.07) is 16.5. The van der Waals surface area contributed by atoms with E-state index in [4.69, 9.17) is 9.47 Å². The van der Waals surface area contributed by atoms with Gasteiger partial charge in [-0.15, -0.1) is 0 Å². The molecule has 1 atom stereocenters. The van der Waals surface area contributed by atoms with Crippen LogP contribution in [0.1, 0.15) is 55.6 Å². The van der Waals surface area contributed by atoms with Crippen LogP contribution in [-0.4, -0.2) is 30.6 Å². The number of nitrogens with zero attached hydrogens (tertiary/aromatic N) is 1. The third kappa shape index (κ3) is 4.32. The van der Waals surface area contributed by atoms with Gasteiger partial charge in [0.25, 0.3) is 0 Å². The normalized spacial score (nSPS) is 20.4. The standard InChI is InChI=1S/C24H29NO3/c1-27-22-13-11-19(15-23(22)28-21-9-5-6-10-21)20-12-14-24(26)25(17-20)16-18-7-3-2-4-8-18/h2-4,7-8,11,13,15,20-21H,5-6,9-10,12,14,16-17H2,1H3. The number of likely N-dealkylation sites (tertiary alicyclic amines) is 1. The van der Waals surface area contributed by atoms with Crippen LogP contribution in [0.5, 0.6) is 11.5 Å². The van der Waals surface area contributed by atoms with E-state index < -0.39 is 0 Å². The molecular weight excluding hydrogens is 350 g/mol. The number of benzene rings is 2. The Bertz CT molecular complexity index is 799. The lowest BCUT2D eigenvalue weighted by Crippen LogP contribution is -2.38. The molecule has 1 saturated heterocycles. The van der Waals surface area contributed by atoms with Crippen molar-refractivity contribution in [3.63, 3.8) is 0 Å². The van der Waals surface area contributed by atoms with Crippen LogP contribution in [0.25, 0.3) is 0 Å². The highest BCUT2D eigenvalue weighted by molar-refractivity contribution is 5.77. The predicted molar refractivity (Wildman–Crippen MR) is 110 cm³/mol. The van der Waals surface area contributed by atoms with Crippen molar-refractivity contribution in [2.24, 2.45) is 0 Å². The summed E-state index contributed by atoms with van der Waals surface area (Å²) in [6.45, 7) is 1.43. The molecule has 2 aromatic carbocycles. The topological polar surface area (TPSA) is 38.8 Å². The summed E-state index contributed by atoms with van der Waals surface area (Å²) in [5.74, 6) is 2.22. The van der Waals surface area contributed by atoms with E-state index in [0.29, 0.717) is 25.0 Å². The highest BCUT2D eigenvalue weighted by Crippen LogP contribution is 2.37. The number of carbonyl (C=O) groups is 1. The zero-order chi connectivity index (χ0) is 19.3. The van der Waals surface area contributed by atoms with Crippen molar-refractivity contribution >= 4 is 5.91 Å². The van der Waals surface area contributed by atoms with Crippen LogP contribution in [0.4, 0.5) is 0 Å². The van der Waals surface area contributed by atoms with Gasteiger partial charge in [0.15, 0.2) is 11.5 Å². The first-order valence-electron chi connectivity index (χ1n) is 10.4. The molecule has 148 valence electrons. The van der Waals surface area contributed by atoms with E-state index in [-0.39, 0.29) is 5.91 Å². The zero-order valence-electron chi connectivity index (χ0n) is 16.6. The fourth-order valence-corrected chi connectivity index (χ4v) is 4.37. The minimum absolute atomic E-state index is 0.246. The van der Waals surface area contributed by atoms with E-state index in [1.807, 2.05) is 29.2 Å². The van der Waals surface area contributed by atoms with Crippen molar-refractivity contribution in [2.75, 3.05) is 13.7 Å². The van der Waals surface area contributed by atoms with E-state index in [9.17, 15) is 4.79 Å². The van der Waals surface area contributed by atoms with Gasteiger partial charge < -0.3 is 14.4 Å². The van der Waals surface area contributed by atoms with Gasteiger partial charge >= 0.3 is 0 Å². The molecule has 2 aromatic rings. The van der Waals surface area contributed by atoms with E-state index >= 15 is 0 Å². The molecule has 1 heterocycles. The van der Waals surface area contributed by atoms with Crippen molar-refractivity contribution in [1.29, 1.82) is 0 Å². The van der Waals surface area contributed by atoms with Crippen LogP contribution in [0.2, 0.25) is 0 Å². The number of carbonyl (C=O) groups excluding carboxylic acids is 1. The summed E-state index contributed by atoms with van der Waals surface area (Å²) in [6.07, 6.45) is 6.51. The van der Waals surface area contributed by atoms with Gasteiger partial charge in [0, 0.05) is 25.4 Å². The highest BCUT2D eigenvalue weighted by Gasteiger charge is 2.28. The smallest absolute Gasteiger partial charge is 0.222 e. The summed E-state index contributed by atoms with van der Waals surface area (Å²) in [5.41, 5.74) is 2.41. The monoisotopic (exact) mass is 379 g/mol. The van der Waals surface area contributed by atoms with E-state index in [2.05, 4.69) is 24.3 Å². The average Bonchev–Trinajstić information content (AvgIpc) is 3.23. The van der Waals surface area contributed by atoms with Crippen LogP contribution in [0.3, 0.4) is 0 Å². The minimum atomic E-state index is 0.246. The highest BCUT2D eigenvalue weighted by atomic mass is 16.5. The quantitative estimate of drug-likeness (QED) is 0.715. The Kier molecular flexibility index (Phi) is 5.84. The lowest BCUT2D eigenvalue weighted by atomic mass is 9.89. The zero-order valence-corrected chi connectivity index (χ0v) is 16.6. The molecule has 4 nitrogen and oxygen atoms in total. The number of hydrogen-bond donors (Lipinski definition) is 0. The molecular formula is C24H29NO3. The third-order valence-corrected chi connectivity index (χ3v) is 5.97. The Labute approximate surface area is 167 Å². The molecule has 4 heteroatoms. The van der Waals surface area contributed by atoms with Crippen molar-refractivity contribution in [3.8, 4) is 11.5 Å². The van der Waals surface area contributed by atoms with Crippen molar-refractivity contribution in [1.82, 2.24) is 4.90 Å². The molecule has 0 bridgehead atoms. The van der Waals surface area contributed by atoms with E-state index in [0.717, 1.165) is 37.3 Å². The van der Waals surface area contributed by atoms with E-state index in [1.165, 1.54) is 24.0 Å². The second-order valence-electron chi connectivity index (χ2n) is 7.93. The number of amides is 1. The number of rotatable bonds is 6. The second kappa shape index (κ2) is 8.68. The average molecular weight is 380 g/mol. The molecule has 0 N–H and O–H groups in total. The lowest BCUT2D eigenvalue weighted by molar-refractivity contribution is -0.134. The molecule has 0 aromatic heterocycles. The van der Waals surface area contributed by atoms with Gasteiger partial charge in [0.05, 0.1) is 13.2 Å². The number of piperidine rings is 1. The maximum Gasteiger partial charge on any atom is 0.222 e. The summed E-state index contributed by atoms with van der Waals surface area (Å²) < 4.78 is 11.8. The molecule has 1 saturated carbocycles. The Hall–Kier alpha value is -2.49. The second-order valence-corrected chi connectivity index (χ2v) is 7.93. The Morgan fingerprint density at radius 2 is 1.79 bits per heavy atom. The van der Waals surface area contributed by atoms with E-state index in [1.54, 1.807) is 7.11 Å². The van der Waals surface area contributed by atoms with Gasteiger partial charge in [-0.2, -0.15) is 0 Å². The van der Waals surface area contributed by atoms with Gasteiger partial charge in [0.2, 0.25) is 5.91 Å². The third-order valence-electron chi connectivity index (χ3n) is 5.97. The molecule has 0 spiro atoms. The van der Waals surface area contributed by atoms with Crippen LogP contribution in [-0.2, 0) is 11.3 Å². The van der Waals surface area contributed by atoms with Gasteiger partial charge in [-0.1, -0.05) is 36.4 Å². The summed E-state index contributed by atoms with van der Waals surface area (Å²) >= 11 is 0. The maximum absolute atomic E-state index is 12.5. The first-order valence-corrected chi connectivity index (χ1v) is 10.4. The molecule has 28 heavy (non-hydrogen) atoms. The van der Waals surface area contributed by atoms with Crippen molar-refractivity contribution in [2.45, 2.75) is 57.1 Å². The first-order chi connectivity index (χ1) is 13.7. The summed E-state index contributed by atoms with van der Waals surface area (Å²) in [5, 5.41) is 0. The molecule has 1 aliphatic heterocycles. The maximum atomic E-state index is 12.5. The van der Waals surface area contributed by atoms with Crippen molar-refractivity contribution in [3.05, 3.63) is 59.7 Å².